The number of nitro groups is 1. The SMILES string of the molecule is O=[N+]([O-])c1ccc(O)c(CNc2c(F)c(F)c(F)c(F)c2F)c1. The molecule has 0 saturated carbocycles. The summed E-state index contributed by atoms with van der Waals surface area (Å²) in [6.07, 6.45) is 0. The number of hydrogen-bond donors (Lipinski definition) is 2. The van der Waals surface area contributed by atoms with E-state index in [9.17, 15) is 37.2 Å². The van der Waals surface area contributed by atoms with Crippen LogP contribution in [0.5, 0.6) is 5.75 Å². The van der Waals surface area contributed by atoms with Crippen molar-refractivity contribution in [3.63, 3.8) is 0 Å². The first kappa shape index (κ1) is 16.5. The fourth-order valence-electron chi connectivity index (χ4n) is 1.77. The van der Waals surface area contributed by atoms with Crippen LogP contribution in [0.4, 0.5) is 33.3 Å². The van der Waals surface area contributed by atoms with Crippen molar-refractivity contribution in [3.05, 3.63) is 63.0 Å². The first-order valence-electron chi connectivity index (χ1n) is 5.95. The number of nitrogens with one attached hydrogen (secondary N) is 1. The Morgan fingerprint density at radius 2 is 1.52 bits per heavy atom. The minimum Gasteiger partial charge on any atom is -0.508 e. The highest BCUT2D eigenvalue weighted by molar-refractivity contribution is 5.50. The number of non-ortho nitro benzene ring substituents is 1. The molecule has 0 aliphatic carbocycles. The number of aromatic hydroxyl groups is 1. The zero-order valence-corrected chi connectivity index (χ0v) is 11.0. The van der Waals surface area contributed by atoms with E-state index in [1.54, 1.807) is 0 Å². The van der Waals surface area contributed by atoms with E-state index < -0.39 is 57.7 Å². The van der Waals surface area contributed by atoms with Gasteiger partial charge in [0.05, 0.1) is 4.92 Å². The minimum atomic E-state index is -2.30. The van der Waals surface area contributed by atoms with Crippen molar-refractivity contribution in [2.45, 2.75) is 6.54 Å². The Labute approximate surface area is 125 Å². The van der Waals surface area contributed by atoms with E-state index in [2.05, 4.69) is 0 Å². The number of halogens is 5. The molecule has 0 saturated heterocycles. The van der Waals surface area contributed by atoms with Crippen molar-refractivity contribution in [2.75, 3.05) is 5.32 Å². The Morgan fingerprint density at radius 3 is 2.04 bits per heavy atom. The van der Waals surface area contributed by atoms with Crippen molar-refractivity contribution in [1.82, 2.24) is 0 Å². The van der Waals surface area contributed by atoms with Crippen LogP contribution in [0.2, 0.25) is 0 Å². The number of phenolic OH excluding ortho intramolecular Hbond substituents is 1. The highest BCUT2D eigenvalue weighted by Crippen LogP contribution is 2.29. The molecule has 122 valence electrons. The van der Waals surface area contributed by atoms with E-state index in [1.165, 1.54) is 0 Å². The molecular formula is C13H7F5N2O3. The predicted octanol–water partition coefficient (Wildman–Crippen LogP) is 3.61. The summed E-state index contributed by atoms with van der Waals surface area (Å²) >= 11 is 0. The number of rotatable bonds is 4. The average molecular weight is 334 g/mol. The van der Waals surface area contributed by atoms with Gasteiger partial charge in [0, 0.05) is 24.2 Å². The van der Waals surface area contributed by atoms with Crippen LogP contribution in [0.1, 0.15) is 5.56 Å². The van der Waals surface area contributed by atoms with Gasteiger partial charge in [0.1, 0.15) is 11.4 Å². The molecule has 0 unspecified atom stereocenters. The maximum absolute atomic E-state index is 13.5. The molecule has 2 rings (SSSR count). The molecule has 0 radical (unpaired) electrons. The van der Waals surface area contributed by atoms with Crippen molar-refractivity contribution >= 4 is 11.4 Å². The highest BCUT2D eigenvalue weighted by Gasteiger charge is 2.25. The molecule has 0 heterocycles. The molecule has 2 N–H and O–H groups in total. The average Bonchev–Trinajstić information content (AvgIpc) is 2.52. The zero-order valence-electron chi connectivity index (χ0n) is 11.0. The largest absolute Gasteiger partial charge is 0.508 e. The Morgan fingerprint density at radius 1 is 1.00 bits per heavy atom. The van der Waals surface area contributed by atoms with Crippen molar-refractivity contribution in [2.24, 2.45) is 0 Å². The minimum absolute atomic E-state index is 0.164. The molecular weight excluding hydrogens is 327 g/mol. The molecule has 0 amide bonds. The van der Waals surface area contributed by atoms with E-state index >= 15 is 0 Å². The third-order valence-electron chi connectivity index (χ3n) is 2.94. The fourth-order valence-corrected chi connectivity index (χ4v) is 1.77. The lowest BCUT2D eigenvalue weighted by Gasteiger charge is -2.11. The quantitative estimate of drug-likeness (QED) is 0.294. The third-order valence-corrected chi connectivity index (χ3v) is 2.94. The second-order valence-corrected chi connectivity index (χ2v) is 4.37. The Bertz CT molecular complexity index is 769. The summed E-state index contributed by atoms with van der Waals surface area (Å²) in [6, 6.07) is 2.85. The molecule has 0 bridgehead atoms. The molecule has 0 aliphatic rings. The lowest BCUT2D eigenvalue weighted by Crippen LogP contribution is -2.10. The first-order chi connectivity index (χ1) is 10.7. The monoisotopic (exact) mass is 334 g/mol. The van der Waals surface area contributed by atoms with E-state index in [0.717, 1.165) is 18.2 Å². The van der Waals surface area contributed by atoms with E-state index in [-0.39, 0.29) is 5.56 Å². The van der Waals surface area contributed by atoms with Crippen LogP contribution in [-0.2, 0) is 6.54 Å². The number of nitro benzene ring substituents is 1. The van der Waals surface area contributed by atoms with Gasteiger partial charge in [-0.15, -0.1) is 0 Å². The van der Waals surface area contributed by atoms with Gasteiger partial charge in [0.15, 0.2) is 23.3 Å². The topological polar surface area (TPSA) is 75.4 Å². The summed E-state index contributed by atoms with van der Waals surface area (Å²) in [5, 5.41) is 22.1. The summed E-state index contributed by atoms with van der Waals surface area (Å²) in [5.41, 5.74) is -1.88. The molecule has 0 fully saturated rings. The standard InChI is InChI=1S/C13H7F5N2O3/c14-8-9(15)11(17)13(12(18)10(8)16)19-4-5-3-6(20(22)23)1-2-7(5)21/h1-3,19,21H,4H2. The van der Waals surface area contributed by atoms with Gasteiger partial charge in [-0.3, -0.25) is 10.1 Å². The van der Waals surface area contributed by atoms with Crippen molar-refractivity contribution in [3.8, 4) is 5.75 Å². The van der Waals surface area contributed by atoms with Gasteiger partial charge in [-0.2, -0.15) is 0 Å². The lowest BCUT2D eigenvalue weighted by molar-refractivity contribution is -0.384. The second-order valence-electron chi connectivity index (χ2n) is 4.37. The van der Waals surface area contributed by atoms with Crippen molar-refractivity contribution in [1.29, 1.82) is 0 Å². The van der Waals surface area contributed by atoms with E-state index in [1.807, 2.05) is 5.32 Å². The fraction of sp³-hybridized carbons (Fsp3) is 0.0769. The Kier molecular flexibility index (Phi) is 4.34. The number of hydrogen-bond acceptors (Lipinski definition) is 4. The summed E-state index contributed by atoms with van der Waals surface area (Å²) in [6.45, 7) is -0.605. The van der Waals surface area contributed by atoms with Gasteiger partial charge in [0.25, 0.3) is 5.69 Å². The lowest BCUT2D eigenvalue weighted by atomic mass is 10.1. The van der Waals surface area contributed by atoms with E-state index in [0.29, 0.717) is 0 Å². The normalized spacial score (nSPS) is 10.7. The summed E-state index contributed by atoms with van der Waals surface area (Å²) in [5.74, 6) is -11.2. The summed E-state index contributed by atoms with van der Waals surface area (Å²) in [4.78, 5) is 9.84. The Balaban J connectivity index is 2.36. The van der Waals surface area contributed by atoms with Gasteiger partial charge < -0.3 is 10.4 Å². The van der Waals surface area contributed by atoms with Gasteiger partial charge in [0.2, 0.25) is 5.82 Å². The number of benzene rings is 2. The number of phenols is 1. The Hall–Kier alpha value is -2.91. The maximum atomic E-state index is 13.5. The van der Waals surface area contributed by atoms with Gasteiger partial charge in [-0.25, -0.2) is 22.0 Å². The van der Waals surface area contributed by atoms with Gasteiger partial charge in [-0.1, -0.05) is 0 Å². The summed E-state index contributed by atoms with van der Waals surface area (Å²) < 4.78 is 65.9. The van der Waals surface area contributed by atoms with Crippen LogP contribution in [0.15, 0.2) is 18.2 Å². The van der Waals surface area contributed by atoms with E-state index in [4.69, 9.17) is 0 Å². The summed E-state index contributed by atoms with van der Waals surface area (Å²) in [7, 11) is 0. The van der Waals surface area contributed by atoms with Crippen LogP contribution >= 0.6 is 0 Å². The van der Waals surface area contributed by atoms with Crippen LogP contribution < -0.4 is 5.32 Å². The van der Waals surface area contributed by atoms with Crippen LogP contribution in [0.25, 0.3) is 0 Å². The molecule has 2 aromatic rings. The molecule has 23 heavy (non-hydrogen) atoms. The predicted molar refractivity (Wildman–Crippen MR) is 68.3 cm³/mol. The first-order valence-corrected chi connectivity index (χ1v) is 5.95. The molecule has 0 atom stereocenters. The van der Waals surface area contributed by atoms with Gasteiger partial charge >= 0.3 is 0 Å². The molecule has 10 heteroatoms. The third kappa shape index (κ3) is 3.00. The second kappa shape index (κ2) is 6.07. The molecule has 0 spiro atoms. The zero-order chi connectivity index (χ0) is 17.3. The number of anilines is 1. The van der Waals surface area contributed by atoms with Crippen LogP contribution in [0, 0.1) is 39.2 Å². The van der Waals surface area contributed by atoms with Crippen LogP contribution in [0.3, 0.4) is 0 Å². The van der Waals surface area contributed by atoms with Crippen LogP contribution in [-0.4, -0.2) is 10.0 Å². The molecule has 2 aromatic carbocycles. The molecule has 0 aliphatic heterocycles. The molecule has 0 aromatic heterocycles. The smallest absolute Gasteiger partial charge is 0.270 e. The maximum Gasteiger partial charge on any atom is 0.270 e. The van der Waals surface area contributed by atoms with Gasteiger partial charge in [-0.05, 0) is 6.07 Å². The highest BCUT2D eigenvalue weighted by atomic mass is 19.2. The molecule has 5 nitrogen and oxygen atoms in total. The number of nitrogens with zero attached hydrogens (tertiary/aromatic N) is 1. The van der Waals surface area contributed by atoms with Crippen molar-refractivity contribution < 1.29 is 32.0 Å².